The minimum atomic E-state index is -0.366. The molecule has 2 amide bonds. The van der Waals surface area contributed by atoms with Crippen LogP contribution in [-0.2, 0) is 11.2 Å². The average Bonchev–Trinajstić information content (AvgIpc) is 2.82. The number of aromatic nitrogens is 1. The fraction of sp³-hybridized carbons (Fsp3) is 0.423. The number of nitrogens with zero attached hydrogens (tertiary/aromatic N) is 3. The summed E-state index contributed by atoms with van der Waals surface area (Å²) in [5.74, 6) is -0.0551. The Kier molecular flexibility index (Phi) is 8.22. The Balaban J connectivity index is 1.87. The molecule has 2 aromatic rings. The molecule has 7 heteroatoms. The van der Waals surface area contributed by atoms with Gasteiger partial charge in [-0.3, -0.25) is 9.59 Å². The SMILES string of the molecule is C/C=C/c1cnc2c(c1)C(=O)N([C@H](C)CO)C[C@H](C)[C@H](CN(C)C(=O)Cc1ccccc1)O2. The minimum absolute atomic E-state index is 0.00710. The van der Waals surface area contributed by atoms with Crippen LogP contribution >= 0.6 is 0 Å². The number of allylic oxidation sites excluding steroid dienone is 1. The second-order valence-electron chi connectivity index (χ2n) is 8.68. The second kappa shape index (κ2) is 11.1. The highest BCUT2D eigenvalue weighted by molar-refractivity contribution is 5.97. The number of carbonyl (C=O) groups excluding carboxylic acids is 2. The van der Waals surface area contributed by atoms with Crippen LogP contribution in [0, 0.1) is 5.92 Å². The first-order valence-corrected chi connectivity index (χ1v) is 11.3. The summed E-state index contributed by atoms with van der Waals surface area (Å²) in [6, 6.07) is 11.0. The van der Waals surface area contributed by atoms with Crippen LogP contribution in [0.15, 0.2) is 48.7 Å². The Morgan fingerprint density at radius 1 is 1.36 bits per heavy atom. The molecule has 3 rings (SSSR count). The van der Waals surface area contributed by atoms with Gasteiger partial charge in [-0.1, -0.05) is 49.4 Å². The van der Waals surface area contributed by atoms with Gasteiger partial charge >= 0.3 is 0 Å². The lowest BCUT2D eigenvalue weighted by molar-refractivity contribution is -0.130. The quantitative estimate of drug-likeness (QED) is 0.700. The Bertz CT molecular complexity index is 992. The number of hydrogen-bond donors (Lipinski definition) is 1. The van der Waals surface area contributed by atoms with Crippen LogP contribution in [-0.4, -0.2) is 70.6 Å². The highest BCUT2D eigenvalue weighted by atomic mass is 16.5. The number of aliphatic hydroxyl groups is 1. The van der Waals surface area contributed by atoms with Gasteiger partial charge in [-0.15, -0.1) is 0 Å². The molecule has 3 atom stereocenters. The van der Waals surface area contributed by atoms with Gasteiger partial charge in [-0.05, 0) is 31.0 Å². The number of carbonyl (C=O) groups is 2. The van der Waals surface area contributed by atoms with E-state index in [1.54, 1.807) is 29.1 Å². The van der Waals surface area contributed by atoms with Gasteiger partial charge in [0.1, 0.15) is 11.7 Å². The van der Waals surface area contributed by atoms with Crippen molar-refractivity contribution in [3.63, 3.8) is 0 Å². The van der Waals surface area contributed by atoms with E-state index in [0.29, 0.717) is 25.1 Å². The molecule has 2 heterocycles. The zero-order valence-electron chi connectivity index (χ0n) is 19.8. The van der Waals surface area contributed by atoms with E-state index in [2.05, 4.69) is 4.98 Å². The number of aliphatic hydroxyl groups excluding tert-OH is 1. The zero-order valence-corrected chi connectivity index (χ0v) is 19.8. The third kappa shape index (κ3) is 5.99. The first kappa shape index (κ1) is 24.5. The van der Waals surface area contributed by atoms with Crippen molar-refractivity contribution >= 4 is 17.9 Å². The normalized spacial score (nSPS) is 19.4. The number of ether oxygens (including phenoxy) is 1. The molecular weight excluding hydrogens is 418 g/mol. The van der Waals surface area contributed by atoms with Gasteiger partial charge in [0.2, 0.25) is 11.8 Å². The molecule has 176 valence electrons. The highest BCUT2D eigenvalue weighted by Crippen LogP contribution is 2.27. The summed E-state index contributed by atoms with van der Waals surface area (Å²) in [6.45, 7) is 6.33. The van der Waals surface area contributed by atoms with E-state index in [0.717, 1.165) is 11.1 Å². The Morgan fingerprint density at radius 2 is 2.09 bits per heavy atom. The first-order valence-electron chi connectivity index (χ1n) is 11.3. The third-order valence-electron chi connectivity index (χ3n) is 5.98. The van der Waals surface area contributed by atoms with Gasteiger partial charge in [0.05, 0.1) is 25.6 Å². The maximum Gasteiger partial charge on any atom is 0.259 e. The molecule has 1 aliphatic rings. The Hall–Kier alpha value is -3.19. The maximum absolute atomic E-state index is 13.3. The topological polar surface area (TPSA) is 83.0 Å². The van der Waals surface area contributed by atoms with Crippen LogP contribution in [0.1, 0.15) is 42.3 Å². The molecular formula is C26H33N3O4. The first-order chi connectivity index (χ1) is 15.8. The molecule has 0 bridgehead atoms. The van der Waals surface area contributed by atoms with E-state index >= 15 is 0 Å². The second-order valence-corrected chi connectivity index (χ2v) is 8.68. The van der Waals surface area contributed by atoms with Crippen molar-refractivity contribution in [3.05, 3.63) is 65.4 Å². The number of amides is 2. The summed E-state index contributed by atoms with van der Waals surface area (Å²) in [4.78, 5) is 33.9. The molecule has 7 nitrogen and oxygen atoms in total. The Morgan fingerprint density at radius 3 is 2.76 bits per heavy atom. The summed E-state index contributed by atoms with van der Waals surface area (Å²) >= 11 is 0. The number of rotatable bonds is 7. The molecule has 0 fully saturated rings. The van der Waals surface area contributed by atoms with Crippen LogP contribution in [0.3, 0.4) is 0 Å². The summed E-state index contributed by atoms with van der Waals surface area (Å²) in [5, 5.41) is 9.76. The molecule has 0 saturated carbocycles. The van der Waals surface area contributed by atoms with Crippen molar-refractivity contribution in [2.75, 3.05) is 26.7 Å². The molecule has 1 aliphatic heterocycles. The van der Waals surface area contributed by atoms with E-state index < -0.39 is 0 Å². The van der Waals surface area contributed by atoms with Crippen LogP contribution in [0.2, 0.25) is 0 Å². The molecule has 1 N–H and O–H groups in total. The number of fused-ring (bicyclic) bond motifs is 1. The molecule has 33 heavy (non-hydrogen) atoms. The predicted molar refractivity (Wildman–Crippen MR) is 128 cm³/mol. The molecule has 0 radical (unpaired) electrons. The van der Waals surface area contributed by atoms with E-state index in [-0.39, 0.29) is 42.4 Å². The molecule has 0 saturated heterocycles. The average molecular weight is 452 g/mol. The van der Waals surface area contributed by atoms with Gasteiger partial charge < -0.3 is 19.6 Å². The summed E-state index contributed by atoms with van der Waals surface area (Å²) in [7, 11) is 1.77. The van der Waals surface area contributed by atoms with Gasteiger partial charge in [0.15, 0.2) is 0 Å². The van der Waals surface area contributed by atoms with Gasteiger partial charge in [0, 0.05) is 25.7 Å². The lowest BCUT2D eigenvalue weighted by Crippen LogP contribution is -2.50. The van der Waals surface area contributed by atoms with Crippen molar-refractivity contribution in [3.8, 4) is 5.88 Å². The number of hydrogen-bond acceptors (Lipinski definition) is 5. The van der Waals surface area contributed by atoms with Crippen LogP contribution < -0.4 is 4.74 Å². The van der Waals surface area contributed by atoms with Gasteiger partial charge in [0.25, 0.3) is 5.91 Å². The largest absolute Gasteiger partial charge is 0.472 e. The fourth-order valence-electron chi connectivity index (χ4n) is 3.90. The van der Waals surface area contributed by atoms with E-state index in [4.69, 9.17) is 4.74 Å². The number of pyridine rings is 1. The molecule has 0 spiro atoms. The summed E-state index contributed by atoms with van der Waals surface area (Å²) in [5.41, 5.74) is 2.12. The lowest BCUT2D eigenvalue weighted by Gasteiger charge is -2.37. The van der Waals surface area contributed by atoms with E-state index in [1.165, 1.54) is 0 Å². The maximum atomic E-state index is 13.3. The third-order valence-corrected chi connectivity index (χ3v) is 5.98. The Labute approximate surface area is 195 Å². The van der Waals surface area contributed by atoms with Crippen molar-refractivity contribution in [1.82, 2.24) is 14.8 Å². The molecule has 1 aromatic heterocycles. The smallest absolute Gasteiger partial charge is 0.259 e. The number of likely N-dealkylation sites (N-methyl/N-ethyl adjacent to an activating group) is 1. The zero-order chi connectivity index (χ0) is 24.0. The van der Waals surface area contributed by atoms with Crippen LogP contribution in [0.5, 0.6) is 5.88 Å². The van der Waals surface area contributed by atoms with E-state index in [1.807, 2.05) is 63.3 Å². The van der Waals surface area contributed by atoms with Crippen LogP contribution in [0.25, 0.3) is 6.08 Å². The fourth-order valence-corrected chi connectivity index (χ4v) is 3.90. The standard InChI is InChI=1S/C26H33N3O4/c1-5-9-21-12-22-25(27-14-21)33-23(18(2)15-29(26(22)32)19(3)17-30)16-28(4)24(31)13-20-10-7-6-8-11-20/h5-12,14,18-19,23,30H,13,15-17H2,1-4H3/b9-5+/t18-,19+,23-/m0/s1. The van der Waals surface area contributed by atoms with Gasteiger partial charge in [-0.25, -0.2) is 4.98 Å². The summed E-state index contributed by atoms with van der Waals surface area (Å²) in [6.07, 6.45) is 5.36. The molecule has 0 aliphatic carbocycles. The molecule has 1 aromatic carbocycles. The highest BCUT2D eigenvalue weighted by Gasteiger charge is 2.34. The summed E-state index contributed by atoms with van der Waals surface area (Å²) < 4.78 is 6.25. The van der Waals surface area contributed by atoms with Crippen molar-refractivity contribution in [2.45, 2.75) is 39.3 Å². The minimum Gasteiger partial charge on any atom is -0.472 e. The van der Waals surface area contributed by atoms with Gasteiger partial charge in [-0.2, -0.15) is 0 Å². The lowest BCUT2D eigenvalue weighted by atomic mass is 9.99. The van der Waals surface area contributed by atoms with Crippen molar-refractivity contribution in [1.29, 1.82) is 0 Å². The predicted octanol–water partition coefficient (Wildman–Crippen LogP) is 3.04. The van der Waals surface area contributed by atoms with Crippen molar-refractivity contribution in [2.24, 2.45) is 5.92 Å². The molecule has 0 unspecified atom stereocenters. The number of benzene rings is 1. The van der Waals surface area contributed by atoms with E-state index in [9.17, 15) is 14.7 Å². The monoisotopic (exact) mass is 451 g/mol. The van der Waals surface area contributed by atoms with Crippen LogP contribution in [0.4, 0.5) is 0 Å². The van der Waals surface area contributed by atoms with Crippen molar-refractivity contribution < 1.29 is 19.4 Å².